The number of halogens is 1. The van der Waals surface area contributed by atoms with E-state index >= 15 is 0 Å². The van der Waals surface area contributed by atoms with Crippen LogP contribution in [0.25, 0.3) is 0 Å². The van der Waals surface area contributed by atoms with E-state index in [1.54, 1.807) is 33.2 Å². The minimum absolute atomic E-state index is 0.0598. The summed E-state index contributed by atoms with van der Waals surface area (Å²) in [5.41, 5.74) is 7.25. The molecule has 1 saturated heterocycles. The van der Waals surface area contributed by atoms with Gasteiger partial charge in [-0.25, -0.2) is 9.97 Å². The van der Waals surface area contributed by atoms with Gasteiger partial charge in [0, 0.05) is 31.9 Å². The van der Waals surface area contributed by atoms with E-state index in [1.807, 2.05) is 4.90 Å². The van der Waals surface area contributed by atoms with Crippen LogP contribution in [-0.2, 0) is 18.3 Å². The van der Waals surface area contributed by atoms with Gasteiger partial charge >= 0.3 is 0 Å². The van der Waals surface area contributed by atoms with Gasteiger partial charge in [0.1, 0.15) is 28.5 Å². The highest BCUT2D eigenvalue weighted by Crippen LogP contribution is 2.27. The summed E-state index contributed by atoms with van der Waals surface area (Å²) in [6, 6.07) is 1.03. The van der Waals surface area contributed by atoms with Gasteiger partial charge in [0.05, 0.1) is 0 Å². The van der Waals surface area contributed by atoms with Crippen LogP contribution in [0.15, 0.2) is 12.3 Å². The van der Waals surface area contributed by atoms with Crippen LogP contribution in [0.2, 0.25) is 5.15 Å². The van der Waals surface area contributed by atoms with Crippen LogP contribution in [0.4, 0.5) is 5.82 Å². The maximum atomic E-state index is 12.9. The summed E-state index contributed by atoms with van der Waals surface area (Å²) in [4.78, 5) is 35.5. The first-order chi connectivity index (χ1) is 14.8. The molecule has 0 radical (unpaired) electrons. The smallest absolute Gasteiger partial charge is 0.270 e. The summed E-state index contributed by atoms with van der Waals surface area (Å²) in [5.74, 6) is 1.12. The molecule has 2 aromatic rings. The van der Waals surface area contributed by atoms with Crippen molar-refractivity contribution in [3.8, 4) is 0 Å². The van der Waals surface area contributed by atoms with Crippen LogP contribution in [0.3, 0.4) is 0 Å². The standard InChI is InChI=1S/C21H30ClN7O2/c1-13(25-20(30)17-8-10-24-28(17)3)21(31)29-11-4-5-15(9-12-29)6-7-16-18(22)26-14(2)27-19(16)23/h8,10,13,15H,4-7,9,11-12H2,1-3H3,(H,25,30)(H2,23,26,27)/t13-,15+/m0/s1. The number of carbonyl (C=O) groups excluding carboxylic acids is 2. The van der Waals surface area contributed by atoms with E-state index in [2.05, 4.69) is 20.4 Å². The Hall–Kier alpha value is -2.68. The molecular formula is C21H30ClN7O2. The Bertz CT molecular complexity index is 923. The van der Waals surface area contributed by atoms with Crippen LogP contribution in [-0.4, -0.2) is 55.6 Å². The van der Waals surface area contributed by atoms with Crippen LogP contribution in [0.5, 0.6) is 0 Å². The topological polar surface area (TPSA) is 119 Å². The SMILES string of the molecule is Cc1nc(N)c(CC[C@H]2CCCN(C(=O)[C@H](C)NC(=O)c3ccnn3C)CC2)c(Cl)n1. The normalized spacial score (nSPS) is 17.8. The van der Waals surface area contributed by atoms with Crippen molar-refractivity contribution in [1.29, 1.82) is 0 Å². The molecule has 0 aromatic carbocycles. The largest absolute Gasteiger partial charge is 0.383 e. The number of nitrogens with two attached hydrogens (primary N) is 1. The van der Waals surface area contributed by atoms with Crippen molar-refractivity contribution in [2.45, 2.75) is 52.0 Å². The first-order valence-electron chi connectivity index (χ1n) is 10.6. The predicted octanol–water partition coefficient (Wildman–Crippen LogP) is 2.13. The van der Waals surface area contributed by atoms with E-state index in [-0.39, 0.29) is 11.8 Å². The van der Waals surface area contributed by atoms with Crippen molar-refractivity contribution in [1.82, 2.24) is 30.0 Å². The van der Waals surface area contributed by atoms with Gasteiger partial charge in [-0.2, -0.15) is 5.10 Å². The molecule has 3 N–H and O–H groups in total. The van der Waals surface area contributed by atoms with Crippen molar-refractivity contribution in [3.63, 3.8) is 0 Å². The number of hydrogen-bond donors (Lipinski definition) is 2. The predicted molar refractivity (Wildman–Crippen MR) is 119 cm³/mol. The molecule has 0 bridgehead atoms. The van der Waals surface area contributed by atoms with Crippen LogP contribution in [0, 0.1) is 12.8 Å². The third kappa shape index (κ3) is 5.72. The lowest BCUT2D eigenvalue weighted by atomic mass is 9.93. The fourth-order valence-electron chi connectivity index (χ4n) is 4.04. The molecule has 2 amide bonds. The summed E-state index contributed by atoms with van der Waals surface area (Å²) in [6.45, 7) is 4.85. The number of likely N-dealkylation sites (tertiary alicyclic amines) is 1. The Morgan fingerprint density at radius 2 is 2.10 bits per heavy atom. The van der Waals surface area contributed by atoms with E-state index < -0.39 is 6.04 Å². The van der Waals surface area contributed by atoms with Crippen molar-refractivity contribution in [2.75, 3.05) is 18.8 Å². The van der Waals surface area contributed by atoms with Crippen molar-refractivity contribution in [2.24, 2.45) is 13.0 Å². The Balaban J connectivity index is 1.51. The van der Waals surface area contributed by atoms with Crippen molar-refractivity contribution < 1.29 is 9.59 Å². The fraction of sp³-hybridized carbons (Fsp3) is 0.571. The minimum atomic E-state index is -0.595. The van der Waals surface area contributed by atoms with Crippen LogP contribution < -0.4 is 11.1 Å². The maximum absolute atomic E-state index is 12.9. The van der Waals surface area contributed by atoms with E-state index in [0.717, 1.165) is 37.7 Å². The average molecular weight is 448 g/mol. The second-order valence-electron chi connectivity index (χ2n) is 8.12. The van der Waals surface area contributed by atoms with E-state index in [0.29, 0.717) is 41.5 Å². The number of nitrogen functional groups attached to an aromatic ring is 1. The molecule has 31 heavy (non-hydrogen) atoms. The fourth-order valence-corrected chi connectivity index (χ4v) is 4.35. The molecule has 3 heterocycles. The zero-order valence-electron chi connectivity index (χ0n) is 18.3. The molecule has 1 aliphatic rings. The molecule has 10 heteroatoms. The lowest BCUT2D eigenvalue weighted by Crippen LogP contribution is -2.47. The minimum Gasteiger partial charge on any atom is -0.383 e. The van der Waals surface area contributed by atoms with Gasteiger partial charge in [0.25, 0.3) is 5.91 Å². The maximum Gasteiger partial charge on any atom is 0.270 e. The van der Waals surface area contributed by atoms with Gasteiger partial charge in [-0.3, -0.25) is 14.3 Å². The van der Waals surface area contributed by atoms with Crippen LogP contribution in [0.1, 0.15) is 54.5 Å². The molecule has 0 unspecified atom stereocenters. The van der Waals surface area contributed by atoms with Gasteiger partial charge in [-0.05, 0) is 57.9 Å². The number of rotatable bonds is 6. The molecular weight excluding hydrogens is 418 g/mol. The number of carbonyl (C=O) groups is 2. The molecule has 2 aromatic heterocycles. The Morgan fingerprint density at radius 1 is 1.32 bits per heavy atom. The number of aryl methyl sites for hydroxylation is 2. The monoisotopic (exact) mass is 447 g/mol. The summed E-state index contributed by atoms with van der Waals surface area (Å²) in [6.07, 6.45) is 6.06. The summed E-state index contributed by atoms with van der Waals surface area (Å²) < 4.78 is 1.49. The number of hydrogen-bond acceptors (Lipinski definition) is 6. The molecule has 168 valence electrons. The number of amides is 2. The van der Waals surface area contributed by atoms with Crippen molar-refractivity contribution in [3.05, 3.63) is 34.5 Å². The summed E-state index contributed by atoms with van der Waals surface area (Å²) in [5, 5.41) is 7.20. The molecule has 3 rings (SSSR count). The first-order valence-corrected chi connectivity index (χ1v) is 11.0. The zero-order valence-corrected chi connectivity index (χ0v) is 19.0. The summed E-state index contributed by atoms with van der Waals surface area (Å²) in [7, 11) is 1.69. The molecule has 1 aliphatic heterocycles. The molecule has 2 atom stereocenters. The van der Waals surface area contributed by atoms with E-state index in [9.17, 15) is 9.59 Å². The number of anilines is 1. The highest BCUT2D eigenvalue weighted by atomic mass is 35.5. The Labute approximate surface area is 187 Å². The van der Waals surface area contributed by atoms with E-state index in [1.165, 1.54) is 4.68 Å². The van der Waals surface area contributed by atoms with Crippen LogP contribution >= 0.6 is 11.6 Å². The third-order valence-corrected chi connectivity index (χ3v) is 6.15. The summed E-state index contributed by atoms with van der Waals surface area (Å²) >= 11 is 6.25. The molecule has 0 spiro atoms. The molecule has 1 fully saturated rings. The van der Waals surface area contributed by atoms with Gasteiger partial charge in [-0.15, -0.1) is 0 Å². The van der Waals surface area contributed by atoms with Gasteiger partial charge in [0.15, 0.2) is 0 Å². The second kappa shape index (κ2) is 10.1. The lowest BCUT2D eigenvalue weighted by Gasteiger charge is -2.25. The molecule has 0 aliphatic carbocycles. The first kappa shape index (κ1) is 23.0. The van der Waals surface area contributed by atoms with Crippen molar-refractivity contribution >= 4 is 29.2 Å². The molecule has 0 saturated carbocycles. The van der Waals surface area contributed by atoms with Gasteiger partial charge in [0.2, 0.25) is 5.91 Å². The third-order valence-electron chi connectivity index (χ3n) is 5.83. The highest BCUT2D eigenvalue weighted by molar-refractivity contribution is 6.30. The van der Waals surface area contributed by atoms with E-state index in [4.69, 9.17) is 17.3 Å². The average Bonchev–Trinajstić information content (AvgIpc) is 3.00. The second-order valence-corrected chi connectivity index (χ2v) is 8.48. The zero-order chi connectivity index (χ0) is 22.5. The lowest BCUT2D eigenvalue weighted by molar-refractivity contribution is -0.132. The number of nitrogens with zero attached hydrogens (tertiary/aromatic N) is 5. The highest BCUT2D eigenvalue weighted by Gasteiger charge is 2.26. The number of aromatic nitrogens is 4. The molecule has 9 nitrogen and oxygen atoms in total. The Kier molecular flexibility index (Phi) is 7.48. The Morgan fingerprint density at radius 3 is 2.77 bits per heavy atom. The van der Waals surface area contributed by atoms with Gasteiger partial charge < -0.3 is 16.0 Å². The number of nitrogens with one attached hydrogen (secondary N) is 1. The van der Waals surface area contributed by atoms with Gasteiger partial charge in [-0.1, -0.05) is 11.6 Å². The quantitative estimate of drug-likeness (QED) is 0.654.